The molecule has 34 heavy (non-hydrogen) atoms. The summed E-state index contributed by atoms with van der Waals surface area (Å²) >= 11 is 6.48. The third kappa shape index (κ3) is 3.48. The zero-order valence-electron chi connectivity index (χ0n) is 17.9. The topological polar surface area (TPSA) is 107 Å². The van der Waals surface area contributed by atoms with Gasteiger partial charge in [-0.2, -0.15) is 0 Å². The molecule has 0 radical (unpaired) electrons. The van der Waals surface area contributed by atoms with Gasteiger partial charge in [-0.3, -0.25) is 0 Å². The highest BCUT2D eigenvalue weighted by molar-refractivity contribution is 6.31. The molecule has 3 aromatic carbocycles. The number of aromatic nitrogens is 1. The minimum atomic E-state index is -1.20. The summed E-state index contributed by atoms with van der Waals surface area (Å²) in [7, 11) is 1.43. The Kier molecular flexibility index (Phi) is 5.30. The zero-order chi connectivity index (χ0) is 24.0. The molecule has 1 aliphatic rings. The monoisotopic (exact) mass is 479 g/mol. The number of methoxy groups -OCH3 is 1. The van der Waals surface area contributed by atoms with Gasteiger partial charge in [0.15, 0.2) is 11.5 Å². The molecule has 0 unspecified atom stereocenters. The van der Waals surface area contributed by atoms with Gasteiger partial charge in [0.1, 0.15) is 11.4 Å². The van der Waals surface area contributed by atoms with E-state index in [-0.39, 0.29) is 30.2 Å². The van der Waals surface area contributed by atoms with E-state index in [0.29, 0.717) is 44.3 Å². The summed E-state index contributed by atoms with van der Waals surface area (Å²) in [6.45, 7) is 0.206. The Hall–Kier alpha value is -4.17. The molecule has 5 rings (SSSR count). The lowest BCUT2D eigenvalue weighted by atomic mass is 9.96. The van der Waals surface area contributed by atoms with Gasteiger partial charge in [0.2, 0.25) is 6.79 Å². The number of para-hydroxylation sites is 1. The molecule has 9 heteroatoms. The number of halogens is 1. The van der Waals surface area contributed by atoms with Crippen molar-refractivity contribution in [2.24, 2.45) is 0 Å². The predicted molar refractivity (Wildman–Crippen MR) is 125 cm³/mol. The summed E-state index contributed by atoms with van der Waals surface area (Å²) < 4.78 is 17.6. The maximum Gasteiger partial charge on any atom is 0.353 e. The Bertz CT molecular complexity index is 1470. The van der Waals surface area contributed by atoms with Crippen LogP contribution in [0.15, 0.2) is 54.6 Å². The number of nitrogens with zero attached hydrogens (tertiary/aromatic N) is 1. The molecular weight excluding hydrogens is 462 g/mol. The number of hydrogen-bond acceptors (Lipinski definition) is 5. The van der Waals surface area contributed by atoms with Gasteiger partial charge in [-0.25, -0.2) is 9.59 Å². The number of fused-ring (bicyclic) bond motifs is 2. The van der Waals surface area contributed by atoms with Crippen LogP contribution < -0.4 is 14.2 Å². The number of carboxylic acids is 2. The van der Waals surface area contributed by atoms with Gasteiger partial charge >= 0.3 is 11.9 Å². The summed E-state index contributed by atoms with van der Waals surface area (Å²) in [4.78, 5) is 24.7. The van der Waals surface area contributed by atoms with Crippen molar-refractivity contribution in [2.75, 3.05) is 13.9 Å². The number of rotatable bonds is 6. The van der Waals surface area contributed by atoms with E-state index in [9.17, 15) is 19.8 Å². The van der Waals surface area contributed by atoms with Crippen LogP contribution in [0.3, 0.4) is 0 Å². The van der Waals surface area contributed by atoms with Gasteiger partial charge < -0.3 is 29.0 Å². The smallest absolute Gasteiger partial charge is 0.353 e. The quantitative estimate of drug-likeness (QED) is 0.394. The van der Waals surface area contributed by atoms with Crippen LogP contribution in [-0.2, 0) is 6.54 Å². The average Bonchev–Trinajstić information content (AvgIpc) is 3.41. The van der Waals surface area contributed by atoms with E-state index < -0.39 is 11.9 Å². The van der Waals surface area contributed by atoms with Crippen molar-refractivity contribution in [2.45, 2.75) is 6.54 Å². The van der Waals surface area contributed by atoms with Crippen molar-refractivity contribution in [3.05, 3.63) is 76.4 Å². The van der Waals surface area contributed by atoms with Gasteiger partial charge in [-0.1, -0.05) is 29.8 Å². The number of carbonyl (C=O) groups is 2. The first kappa shape index (κ1) is 21.7. The Morgan fingerprint density at radius 2 is 1.76 bits per heavy atom. The first-order valence-corrected chi connectivity index (χ1v) is 10.6. The average molecular weight is 480 g/mol. The number of ether oxygens (including phenoxy) is 3. The van der Waals surface area contributed by atoms with Crippen LogP contribution in [0.2, 0.25) is 5.02 Å². The highest BCUT2D eigenvalue weighted by Crippen LogP contribution is 2.41. The van der Waals surface area contributed by atoms with Crippen molar-refractivity contribution in [1.82, 2.24) is 4.57 Å². The molecule has 0 amide bonds. The van der Waals surface area contributed by atoms with Crippen LogP contribution in [0.4, 0.5) is 0 Å². The van der Waals surface area contributed by atoms with Crippen molar-refractivity contribution >= 4 is 34.4 Å². The summed E-state index contributed by atoms with van der Waals surface area (Å²) in [6.07, 6.45) is 0. The molecule has 8 nitrogen and oxygen atoms in total. The molecule has 4 aromatic rings. The molecule has 0 atom stereocenters. The highest BCUT2D eigenvalue weighted by atomic mass is 35.5. The van der Waals surface area contributed by atoms with Gasteiger partial charge in [0.25, 0.3) is 0 Å². The maximum absolute atomic E-state index is 12.6. The summed E-state index contributed by atoms with van der Waals surface area (Å²) in [6, 6.07) is 15.0. The second-order valence-corrected chi connectivity index (χ2v) is 8.05. The van der Waals surface area contributed by atoms with Gasteiger partial charge in [0, 0.05) is 27.6 Å². The first-order chi connectivity index (χ1) is 16.4. The van der Waals surface area contributed by atoms with Crippen LogP contribution in [0, 0.1) is 0 Å². The number of carboxylic acid groups (broad SMARTS) is 2. The standard InChI is InChI=1S/C25H18ClNO7/c1-32-14-6-7-15(17(9-14)24(28)29)22-16-4-2-3-5-19(16)27(23(22)25(30)31)11-13-8-20-21(10-18(13)26)34-12-33-20/h2-10H,11-12H2,1H3,(H,28,29)(H,30,31). The third-order valence-corrected chi connectivity index (χ3v) is 6.12. The first-order valence-electron chi connectivity index (χ1n) is 10.2. The van der Waals surface area contributed by atoms with Gasteiger partial charge in [-0.05, 0) is 41.5 Å². The Morgan fingerprint density at radius 1 is 1.03 bits per heavy atom. The van der Waals surface area contributed by atoms with E-state index in [0.717, 1.165) is 0 Å². The maximum atomic E-state index is 12.6. The minimum absolute atomic E-state index is 0.0531. The summed E-state index contributed by atoms with van der Waals surface area (Å²) in [5.41, 5.74) is 1.72. The van der Waals surface area contributed by atoms with Crippen LogP contribution in [-0.4, -0.2) is 40.6 Å². The van der Waals surface area contributed by atoms with Crippen LogP contribution in [0.25, 0.3) is 22.0 Å². The predicted octanol–water partition coefficient (Wildman–Crippen LogP) is 5.14. The third-order valence-electron chi connectivity index (χ3n) is 5.77. The summed E-state index contributed by atoms with van der Waals surface area (Å²) in [5.74, 6) is -0.990. The van der Waals surface area contributed by atoms with Crippen molar-refractivity contribution < 1.29 is 34.0 Å². The molecule has 0 saturated heterocycles. The molecule has 1 aliphatic heterocycles. The minimum Gasteiger partial charge on any atom is -0.497 e. The molecule has 172 valence electrons. The fraction of sp³-hybridized carbons (Fsp3) is 0.120. The van der Waals surface area contributed by atoms with Crippen LogP contribution >= 0.6 is 11.6 Å². The van der Waals surface area contributed by atoms with E-state index in [1.165, 1.54) is 13.2 Å². The second-order valence-electron chi connectivity index (χ2n) is 7.65. The van der Waals surface area contributed by atoms with Gasteiger partial charge in [0.05, 0.1) is 19.2 Å². The molecule has 0 saturated carbocycles. The molecule has 1 aromatic heterocycles. The molecule has 0 aliphatic carbocycles. The van der Waals surface area contributed by atoms with Crippen molar-refractivity contribution in [3.8, 4) is 28.4 Å². The van der Waals surface area contributed by atoms with Crippen molar-refractivity contribution in [1.29, 1.82) is 0 Å². The number of benzene rings is 3. The van der Waals surface area contributed by atoms with E-state index >= 15 is 0 Å². The fourth-order valence-electron chi connectivity index (χ4n) is 4.26. The van der Waals surface area contributed by atoms with E-state index in [1.54, 1.807) is 53.1 Å². The van der Waals surface area contributed by atoms with Crippen molar-refractivity contribution in [3.63, 3.8) is 0 Å². The Morgan fingerprint density at radius 3 is 2.47 bits per heavy atom. The molecule has 0 bridgehead atoms. The molecular formula is C25H18ClNO7. The summed E-state index contributed by atoms with van der Waals surface area (Å²) in [5, 5.41) is 21.1. The fourth-order valence-corrected chi connectivity index (χ4v) is 4.47. The molecule has 2 N–H and O–H groups in total. The molecule has 2 heterocycles. The van der Waals surface area contributed by atoms with E-state index in [2.05, 4.69) is 0 Å². The lowest BCUT2D eigenvalue weighted by molar-refractivity contribution is 0.0678. The Balaban J connectivity index is 1.78. The van der Waals surface area contributed by atoms with Gasteiger partial charge in [-0.15, -0.1) is 0 Å². The lowest BCUT2D eigenvalue weighted by Crippen LogP contribution is -2.11. The van der Waals surface area contributed by atoms with Crippen LogP contribution in [0.1, 0.15) is 26.4 Å². The normalized spacial score (nSPS) is 12.2. The zero-order valence-corrected chi connectivity index (χ0v) is 18.6. The molecule has 0 fully saturated rings. The Labute approximate surface area is 198 Å². The highest BCUT2D eigenvalue weighted by Gasteiger charge is 2.27. The molecule has 0 spiro atoms. The van der Waals surface area contributed by atoms with E-state index in [1.807, 2.05) is 0 Å². The van der Waals surface area contributed by atoms with Crippen LogP contribution in [0.5, 0.6) is 17.2 Å². The largest absolute Gasteiger partial charge is 0.497 e. The number of hydrogen-bond donors (Lipinski definition) is 2. The van der Waals surface area contributed by atoms with E-state index in [4.69, 9.17) is 25.8 Å². The second kappa shape index (κ2) is 8.31. The number of aromatic carboxylic acids is 2. The lowest BCUT2D eigenvalue weighted by Gasteiger charge is -2.13. The SMILES string of the molecule is COc1ccc(-c2c(C(=O)O)n(Cc3cc4c(cc3Cl)OCO4)c3ccccc23)c(C(=O)O)c1.